The Hall–Kier alpha value is -2.82. The number of aromatic nitrogens is 1. The summed E-state index contributed by atoms with van der Waals surface area (Å²) >= 11 is 2.57. The van der Waals surface area contributed by atoms with E-state index in [0.29, 0.717) is 10.2 Å². The second kappa shape index (κ2) is 7.66. The molecular weight excluding hydrogens is 395 g/mol. The first-order valence-electron chi connectivity index (χ1n) is 8.44. The van der Waals surface area contributed by atoms with Gasteiger partial charge in [0.2, 0.25) is 0 Å². The Morgan fingerprint density at radius 3 is 2.43 bits per heavy atom. The third kappa shape index (κ3) is 3.88. The first kappa shape index (κ1) is 19.9. The van der Waals surface area contributed by atoms with Crippen molar-refractivity contribution < 1.29 is 9.18 Å². The zero-order valence-electron chi connectivity index (χ0n) is 15.5. The van der Waals surface area contributed by atoms with Gasteiger partial charge in [0.25, 0.3) is 5.56 Å². The Labute approximate surface area is 169 Å². The average molecular weight is 413 g/mol. The molecule has 0 aliphatic rings. The standard InChI is InChI=1S/C21H17FN2O2S2/c1-21(2,3)18(25)16(12-23)20-24(14-8-6-13(22)7-9-14)19(26)17(28-20)11-15-5-4-10-27-15/h4-11H,1-3H3/b17-11+,20-16-. The maximum Gasteiger partial charge on any atom is 0.273 e. The molecule has 0 spiro atoms. The molecule has 0 saturated heterocycles. The number of thiophene rings is 1. The molecule has 3 rings (SSSR count). The average Bonchev–Trinajstić information content (AvgIpc) is 3.25. The van der Waals surface area contributed by atoms with Crippen molar-refractivity contribution in [1.82, 2.24) is 4.57 Å². The lowest BCUT2D eigenvalue weighted by atomic mass is 9.87. The van der Waals surface area contributed by atoms with E-state index in [1.54, 1.807) is 26.8 Å². The highest BCUT2D eigenvalue weighted by molar-refractivity contribution is 7.11. The number of halogens is 1. The van der Waals surface area contributed by atoms with Gasteiger partial charge in [0.1, 0.15) is 22.1 Å². The summed E-state index contributed by atoms with van der Waals surface area (Å²) in [5, 5.41) is 11.6. The maximum atomic E-state index is 13.4. The summed E-state index contributed by atoms with van der Waals surface area (Å²) in [5.74, 6) is -0.788. The van der Waals surface area contributed by atoms with Crippen molar-refractivity contribution in [3.63, 3.8) is 0 Å². The molecule has 0 bridgehead atoms. The van der Waals surface area contributed by atoms with Crippen molar-refractivity contribution in [2.24, 2.45) is 5.41 Å². The number of thiazole rings is 1. The van der Waals surface area contributed by atoms with Crippen LogP contribution in [0.25, 0.3) is 17.3 Å². The summed E-state index contributed by atoms with van der Waals surface area (Å²) in [4.78, 5) is 26.8. The predicted molar refractivity (Wildman–Crippen MR) is 110 cm³/mol. The number of nitrogens with zero attached hydrogens (tertiary/aromatic N) is 2. The van der Waals surface area contributed by atoms with Crippen LogP contribution in [0.15, 0.2) is 46.6 Å². The second-order valence-corrected chi connectivity index (χ2v) is 9.12. The Bertz CT molecular complexity index is 1240. The van der Waals surface area contributed by atoms with Gasteiger partial charge < -0.3 is 0 Å². The van der Waals surface area contributed by atoms with E-state index in [2.05, 4.69) is 0 Å². The molecule has 0 unspecified atom stereocenters. The molecule has 0 saturated carbocycles. The maximum absolute atomic E-state index is 13.4. The molecule has 0 radical (unpaired) electrons. The fourth-order valence-electron chi connectivity index (χ4n) is 2.55. The normalized spacial score (nSPS) is 13.3. The Morgan fingerprint density at radius 2 is 1.89 bits per heavy atom. The molecule has 0 amide bonds. The smallest absolute Gasteiger partial charge is 0.273 e. The highest BCUT2D eigenvalue weighted by Crippen LogP contribution is 2.20. The van der Waals surface area contributed by atoms with E-state index in [9.17, 15) is 19.2 Å². The van der Waals surface area contributed by atoms with Crippen molar-refractivity contribution in [3.05, 3.63) is 72.0 Å². The molecule has 1 aromatic carbocycles. The summed E-state index contributed by atoms with van der Waals surface area (Å²) in [7, 11) is 0. The zero-order valence-corrected chi connectivity index (χ0v) is 17.2. The van der Waals surface area contributed by atoms with Crippen LogP contribution in [0.2, 0.25) is 0 Å². The minimum Gasteiger partial charge on any atom is -0.293 e. The monoisotopic (exact) mass is 412 g/mol. The van der Waals surface area contributed by atoms with Crippen LogP contribution in [0.3, 0.4) is 0 Å². The summed E-state index contributed by atoms with van der Waals surface area (Å²) in [6.07, 6.45) is 1.73. The fraction of sp³-hybridized carbons (Fsp3) is 0.190. The number of nitriles is 1. The molecular formula is C21H17FN2O2S2. The van der Waals surface area contributed by atoms with Gasteiger partial charge in [0.15, 0.2) is 5.78 Å². The van der Waals surface area contributed by atoms with Crippen LogP contribution in [0.1, 0.15) is 25.6 Å². The van der Waals surface area contributed by atoms with Crippen LogP contribution in [-0.2, 0) is 4.79 Å². The minimum atomic E-state index is -0.781. The van der Waals surface area contributed by atoms with Crippen LogP contribution in [0.4, 0.5) is 4.39 Å². The van der Waals surface area contributed by atoms with Gasteiger partial charge in [-0.05, 0) is 41.8 Å². The van der Waals surface area contributed by atoms with Gasteiger partial charge in [-0.15, -0.1) is 22.7 Å². The fourth-order valence-corrected chi connectivity index (χ4v) is 4.37. The lowest BCUT2D eigenvalue weighted by Gasteiger charge is -2.15. The van der Waals surface area contributed by atoms with Gasteiger partial charge in [0, 0.05) is 10.3 Å². The molecule has 2 aromatic heterocycles. The number of rotatable bonds is 3. The molecule has 7 heteroatoms. The van der Waals surface area contributed by atoms with Crippen LogP contribution < -0.4 is 14.8 Å². The summed E-state index contributed by atoms with van der Waals surface area (Å²) in [6.45, 7) is 5.16. The Morgan fingerprint density at radius 1 is 1.21 bits per heavy atom. The first-order chi connectivity index (χ1) is 13.2. The lowest BCUT2D eigenvalue weighted by molar-refractivity contribution is -0.120. The number of carbonyl (C=O) groups is 1. The Balaban J connectivity index is 2.43. The van der Waals surface area contributed by atoms with Gasteiger partial charge in [-0.3, -0.25) is 14.2 Å². The van der Waals surface area contributed by atoms with E-state index in [0.717, 1.165) is 16.2 Å². The van der Waals surface area contributed by atoms with Crippen molar-refractivity contribution in [1.29, 1.82) is 5.26 Å². The Kier molecular flexibility index (Phi) is 5.45. The quantitative estimate of drug-likeness (QED) is 0.664. The molecule has 0 N–H and O–H groups in total. The van der Waals surface area contributed by atoms with Crippen LogP contribution in [-0.4, -0.2) is 10.4 Å². The predicted octanol–water partition coefficient (Wildman–Crippen LogP) is 3.22. The third-order valence-corrected chi connectivity index (χ3v) is 5.87. The van der Waals surface area contributed by atoms with Gasteiger partial charge in [-0.25, -0.2) is 4.39 Å². The number of hydrogen-bond acceptors (Lipinski definition) is 5. The molecule has 3 aromatic rings. The molecule has 0 atom stereocenters. The minimum absolute atomic E-state index is 0.0789. The highest BCUT2D eigenvalue weighted by atomic mass is 32.1. The number of hydrogen-bond donors (Lipinski definition) is 0. The highest BCUT2D eigenvalue weighted by Gasteiger charge is 2.27. The molecule has 4 nitrogen and oxygen atoms in total. The molecule has 142 valence electrons. The summed E-state index contributed by atoms with van der Waals surface area (Å²) < 4.78 is 15.3. The number of ketones is 1. The van der Waals surface area contributed by atoms with Crippen LogP contribution >= 0.6 is 22.7 Å². The topological polar surface area (TPSA) is 62.9 Å². The van der Waals surface area contributed by atoms with E-state index < -0.39 is 11.2 Å². The molecule has 0 fully saturated rings. The van der Waals surface area contributed by atoms with Crippen molar-refractivity contribution in [3.8, 4) is 11.8 Å². The third-order valence-electron chi connectivity index (χ3n) is 3.96. The lowest BCUT2D eigenvalue weighted by Crippen LogP contribution is -2.33. The van der Waals surface area contributed by atoms with Gasteiger partial charge in [0.05, 0.1) is 10.2 Å². The summed E-state index contributed by atoms with van der Waals surface area (Å²) in [5.41, 5.74) is -0.812. The van der Waals surface area contributed by atoms with E-state index in [-0.39, 0.29) is 21.6 Å². The van der Waals surface area contributed by atoms with Crippen molar-refractivity contribution >= 4 is 40.1 Å². The van der Waals surface area contributed by atoms with Crippen molar-refractivity contribution in [2.45, 2.75) is 20.8 Å². The van der Waals surface area contributed by atoms with E-state index in [1.165, 1.54) is 40.2 Å². The number of carbonyl (C=O) groups excluding carboxylic acids is 1. The number of benzene rings is 1. The molecule has 2 heterocycles. The molecule has 28 heavy (non-hydrogen) atoms. The van der Waals surface area contributed by atoms with Crippen LogP contribution in [0.5, 0.6) is 0 Å². The van der Waals surface area contributed by atoms with Gasteiger partial charge in [-0.2, -0.15) is 5.26 Å². The number of Topliss-reactive ketones (excluding diaryl/α,β-unsaturated/α-hetero) is 1. The van der Waals surface area contributed by atoms with Crippen LogP contribution in [0, 0.1) is 22.6 Å². The van der Waals surface area contributed by atoms with E-state index >= 15 is 0 Å². The zero-order chi connectivity index (χ0) is 20.5. The SMILES string of the molecule is CC(C)(C)C(=O)/C(C#N)=c1\s/c(=C/c2cccs2)c(=O)n1-c1ccc(F)cc1. The van der Waals surface area contributed by atoms with Gasteiger partial charge in [-0.1, -0.05) is 26.8 Å². The molecule has 0 aliphatic heterocycles. The first-order valence-corrected chi connectivity index (χ1v) is 10.1. The molecule has 0 aliphatic carbocycles. The van der Waals surface area contributed by atoms with E-state index in [1.807, 2.05) is 23.6 Å². The largest absolute Gasteiger partial charge is 0.293 e. The second-order valence-electron chi connectivity index (χ2n) is 7.11. The van der Waals surface area contributed by atoms with E-state index in [4.69, 9.17) is 0 Å². The van der Waals surface area contributed by atoms with Gasteiger partial charge >= 0.3 is 0 Å². The summed E-state index contributed by atoms with van der Waals surface area (Å²) in [6, 6.07) is 11.1. The van der Waals surface area contributed by atoms with Crippen molar-refractivity contribution in [2.75, 3.05) is 0 Å².